The molecular formula is C20H23N3O3. The molecule has 1 N–H and O–H groups in total. The van der Waals surface area contributed by atoms with E-state index in [4.69, 9.17) is 4.74 Å². The SMILES string of the molecule is CO[C@H](C(=O)N(Cc1cccnc1)C[C@@H]1CCC(=O)N1)c1ccccc1. The average Bonchev–Trinajstić information content (AvgIpc) is 3.08. The highest BCUT2D eigenvalue weighted by atomic mass is 16.5. The van der Waals surface area contributed by atoms with Gasteiger partial charge in [0.25, 0.3) is 5.91 Å². The molecule has 2 amide bonds. The zero-order valence-electron chi connectivity index (χ0n) is 14.8. The van der Waals surface area contributed by atoms with Gasteiger partial charge in [-0.2, -0.15) is 0 Å². The maximum atomic E-state index is 13.2. The van der Waals surface area contributed by atoms with Crippen molar-refractivity contribution in [1.29, 1.82) is 0 Å². The highest BCUT2D eigenvalue weighted by molar-refractivity contribution is 5.83. The molecule has 1 aliphatic rings. The molecule has 0 bridgehead atoms. The van der Waals surface area contributed by atoms with Gasteiger partial charge in [0.15, 0.2) is 6.10 Å². The zero-order chi connectivity index (χ0) is 18.4. The summed E-state index contributed by atoms with van der Waals surface area (Å²) in [5.74, 6) is -0.0844. The molecule has 0 spiro atoms. The Bertz CT molecular complexity index is 736. The summed E-state index contributed by atoms with van der Waals surface area (Å²) in [6, 6.07) is 13.2. The summed E-state index contributed by atoms with van der Waals surface area (Å²) in [5.41, 5.74) is 1.75. The molecule has 1 saturated heterocycles. The number of rotatable bonds is 7. The van der Waals surface area contributed by atoms with Crippen LogP contribution in [0.1, 0.15) is 30.1 Å². The first-order valence-electron chi connectivity index (χ1n) is 8.72. The van der Waals surface area contributed by atoms with E-state index < -0.39 is 6.10 Å². The Balaban J connectivity index is 1.80. The lowest BCUT2D eigenvalue weighted by Gasteiger charge is -2.29. The van der Waals surface area contributed by atoms with Crippen LogP contribution in [0.3, 0.4) is 0 Å². The summed E-state index contributed by atoms with van der Waals surface area (Å²) >= 11 is 0. The number of methoxy groups -OCH3 is 1. The third-order valence-corrected chi connectivity index (χ3v) is 4.50. The highest BCUT2D eigenvalue weighted by Gasteiger charge is 2.30. The van der Waals surface area contributed by atoms with Crippen LogP contribution in [0.2, 0.25) is 0 Å². The Morgan fingerprint density at radius 3 is 2.73 bits per heavy atom. The van der Waals surface area contributed by atoms with Gasteiger partial charge < -0.3 is 15.0 Å². The summed E-state index contributed by atoms with van der Waals surface area (Å²) < 4.78 is 5.51. The van der Waals surface area contributed by atoms with Gasteiger partial charge >= 0.3 is 0 Å². The topological polar surface area (TPSA) is 71.5 Å². The minimum Gasteiger partial charge on any atom is -0.367 e. The zero-order valence-corrected chi connectivity index (χ0v) is 14.8. The monoisotopic (exact) mass is 353 g/mol. The van der Waals surface area contributed by atoms with Crippen LogP contribution in [0, 0.1) is 0 Å². The predicted octanol–water partition coefficient (Wildman–Crippen LogP) is 2.08. The molecular weight excluding hydrogens is 330 g/mol. The molecule has 6 nitrogen and oxygen atoms in total. The van der Waals surface area contributed by atoms with E-state index in [0.29, 0.717) is 19.5 Å². The van der Waals surface area contributed by atoms with Crippen LogP contribution in [0.25, 0.3) is 0 Å². The fourth-order valence-electron chi connectivity index (χ4n) is 3.20. The van der Waals surface area contributed by atoms with Crippen LogP contribution in [-0.4, -0.2) is 41.4 Å². The maximum absolute atomic E-state index is 13.2. The normalized spacial score (nSPS) is 17.6. The van der Waals surface area contributed by atoms with Gasteiger partial charge in [0, 0.05) is 45.1 Å². The number of aromatic nitrogens is 1. The third kappa shape index (κ3) is 4.46. The number of carbonyl (C=O) groups excluding carboxylic acids is 2. The third-order valence-electron chi connectivity index (χ3n) is 4.50. The molecule has 26 heavy (non-hydrogen) atoms. The largest absolute Gasteiger partial charge is 0.367 e. The molecule has 1 aromatic heterocycles. The lowest BCUT2D eigenvalue weighted by atomic mass is 10.1. The van der Waals surface area contributed by atoms with E-state index in [1.165, 1.54) is 7.11 Å². The second-order valence-corrected chi connectivity index (χ2v) is 6.41. The lowest BCUT2D eigenvalue weighted by molar-refractivity contribution is -0.143. The van der Waals surface area contributed by atoms with Crippen molar-refractivity contribution in [1.82, 2.24) is 15.2 Å². The van der Waals surface area contributed by atoms with Gasteiger partial charge in [-0.15, -0.1) is 0 Å². The molecule has 0 saturated carbocycles. The van der Waals surface area contributed by atoms with E-state index in [1.54, 1.807) is 17.3 Å². The molecule has 1 fully saturated rings. The molecule has 0 unspecified atom stereocenters. The van der Waals surface area contributed by atoms with E-state index >= 15 is 0 Å². The van der Waals surface area contributed by atoms with Crippen LogP contribution in [0.15, 0.2) is 54.9 Å². The summed E-state index contributed by atoms with van der Waals surface area (Å²) in [7, 11) is 1.54. The Morgan fingerprint density at radius 2 is 2.12 bits per heavy atom. The Labute approximate surface area is 153 Å². The van der Waals surface area contributed by atoms with E-state index in [-0.39, 0.29) is 17.9 Å². The number of carbonyl (C=O) groups is 2. The van der Waals surface area contributed by atoms with Crippen LogP contribution in [0.4, 0.5) is 0 Å². The van der Waals surface area contributed by atoms with E-state index in [0.717, 1.165) is 17.5 Å². The molecule has 0 radical (unpaired) electrons. The summed E-state index contributed by atoms with van der Waals surface area (Å²) in [6.07, 6.45) is 4.02. The fraction of sp³-hybridized carbons (Fsp3) is 0.350. The molecule has 136 valence electrons. The van der Waals surface area contributed by atoms with Crippen LogP contribution < -0.4 is 5.32 Å². The molecule has 1 aliphatic heterocycles. The van der Waals surface area contributed by atoms with Crippen molar-refractivity contribution in [2.45, 2.75) is 31.5 Å². The minimum atomic E-state index is -0.676. The quantitative estimate of drug-likeness (QED) is 0.827. The fourth-order valence-corrected chi connectivity index (χ4v) is 3.20. The first-order valence-corrected chi connectivity index (χ1v) is 8.72. The Morgan fingerprint density at radius 1 is 1.31 bits per heavy atom. The van der Waals surface area contributed by atoms with Gasteiger partial charge in [-0.05, 0) is 23.6 Å². The predicted molar refractivity (Wildman–Crippen MR) is 97.0 cm³/mol. The maximum Gasteiger partial charge on any atom is 0.256 e. The van der Waals surface area contributed by atoms with Crippen LogP contribution >= 0.6 is 0 Å². The molecule has 2 atom stereocenters. The van der Waals surface area contributed by atoms with Crippen molar-refractivity contribution >= 4 is 11.8 Å². The van der Waals surface area contributed by atoms with Crippen molar-refractivity contribution in [3.63, 3.8) is 0 Å². The number of pyridine rings is 1. The molecule has 0 aliphatic carbocycles. The number of hydrogen-bond acceptors (Lipinski definition) is 4. The number of hydrogen-bond donors (Lipinski definition) is 1. The number of ether oxygens (including phenoxy) is 1. The van der Waals surface area contributed by atoms with Crippen molar-refractivity contribution < 1.29 is 14.3 Å². The number of benzene rings is 1. The van der Waals surface area contributed by atoms with Crippen molar-refractivity contribution in [3.8, 4) is 0 Å². The van der Waals surface area contributed by atoms with Crippen molar-refractivity contribution in [2.24, 2.45) is 0 Å². The minimum absolute atomic E-state index is 0.0311. The summed E-state index contributed by atoms with van der Waals surface area (Å²) in [6.45, 7) is 0.873. The molecule has 3 rings (SSSR count). The van der Waals surface area contributed by atoms with E-state index in [2.05, 4.69) is 10.3 Å². The van der Waals surface area contributed by atoms with Gasteiger partial charge in [0.1, 0.15) is 0 Å². The standard InChI is InChI=1S/C20H23N3O3/c1-26-19(16-7-3-2-4-8-16)20(25)23(13-15-6-5-11-21-12-15)14-17-9-10-18(24)22-17/h2-8,11-12,17,19H,9-10,13-14H2,1H3,(H,22,24)/t17-,19-/m0/s1. The number of nitrogens with zero attached hydrogens (tertiary/aromatic N) is 2. The Kier molecular flexibility index (Phi) is 5.96. The van der Waals surface area contributed by atoms with Crippen LogP contribution in [0.5, 0.6) is 0 Å². The average molecular weight is 353 g/mol. The second-order valence-electron chi connectivity index (χ2n) is 6.41. The van der Waals surface area contributed by atoms with Gasteiger partial charge in [-0.3, -0.25) is 14.6 Å². The second kappa shape index (κ2) is 8.58. The van der Waals surface area contributed by atoms with Gasteiger partial charge in [-0.25, -0.2) is 0 Å². The number of nitrogens with one attached hydrogen (secondary N) is 1. The highest BCUT2D eigenvalue weighted by Crippen LogP contribution is 2.21. The lowest BCUT2D eigenvalue weighted by Crippen LogP contribution is -2.43. The molecule has 1 aromatic carbocycles. The molecule has 2 heterocycles. The smallest absolute Gasteiger partial charge is 0.256 e. The van der Waals surface area contributed by atoms with Crippen molar-refractivity contribution in [2.75, 3.05) is 13.7 Å². The Hall–Kier alpha value is -2.73. The van der Waals surface area contributed by atoms with Gasteiger partial charge in [0.2, 0.25) is 5.91 Å². The number of amides is 2. The van der Waals surface area contributed by atoms with E-state index in [1.807, 2.05) is 42.5 Å². The van der Waals surface area contributed by atoms with Crippen molar-refractivity contribution in [3.05, 3.63) is 66.0 Å². The van der Waals surface area contributed by atoms with Gasteiger partial charge in [0.05, 0.1) is 0 Å². The summed E-state index contributed by atoms with van der Waals surface area (Å²) in [5, 5.41) is 2.93. The first-order chi connectivity index (χ1) is 12.7. The summed E-state index contributed by atoms with van der Waals surface area (Å²) in [4.78, 5) is 30.6. The molecule has 6 heteroatoms. The first kappa shape index (κ1) is 18.1. The van der Waals surface area contributed by atoms with Crippen LogP contribution in [-0.2, 0) is 20.9 Å². The van der Waals surface area contributed by atoms with E-state index in [9.17, 15) is 9.59 Å². The molecule has 2 aromatic rings. The van der Waals surface area contributed by atoms with Gasteiger partial charge in [-0.1, -0.05) is 36.4 Å².